The molecule has 152 valence electrons. The van der Waals surface area contributed by atoms with E-state index in [1.54, 1.807) is 18.2 Å². The van der Waals surface area contributed by atoms with Gasteiger partial charge in [0.15, 0.2) is 0 Å². The quantitative estimate of drug-likeness (QED) is 0.833. The summed E-state index contributed by atoms with van der Waals surface area (Å²) in [6, 6.07) is 9.17. The van der Waals surface area contributed by atoms with Gasteiger partial charge in [0.05, 0.1) is 10.5 Å². The van der Waals surface area contributed by atoms with Crippen molar-refractivity contribution in [3.8, 4) is 0 Å². The molecule has 1 heterocycles. The molecule has 0 amide bonds. The summed E-state index contributed by atoms with van der Waals surface area (Å²) in [6.07, 6.45) is -4.76. The molecule has 3 rings (SSSR count). The van der Waals surface area contributed by atoms with E-state index in [0.717, 1.165) is 55.6 Å². The molecular weight excluding hydrogens is 391 g/mol. The number of hydrogen-bond acceptors (Lipinski definition) is 4. The Labute approximate surface area is 162 Å². The summed E-state index contributed by atoms with van der Waals surface area (Å²) in [4.78, 5) is 3.65. The van der Waals surface area contributed by atoms with E-state index in [-0.39, 0.29) is 5.69 Å². The Morgan fingerprint density at radius 2 is 1.64 bits per heavy atom. The molecule has 2 aromatic carbocycles. The average molecular weight is 413 g/mol. The third-order valence-corrected chi connectivity index (χ3v) is 6.21. The van der Waals surface area contributed by atoms with Crippen LogP contribution in [-0.2, 0) is 16.2 Å². The molecule has 1 aliphatic heterocycles. The highest BCUT2D eigenvalue weighted by Crippen LogP contribution is 2.35. The van der Waals surface area contributed by atoms with Gasteiger partial charge in [0.1, 0.15) is 0 Å². The zero-order valence-electron chi connectivity index (χ0n) is 15.6. The molecule has 1 aliphatic rings. The first-order chi connectivity index (χ1) is 13.1. The molecule has 5 nitrogen and oxygen atoms in total. The minimum atomic E-state index is -4.76. The van der Waals surface area contributed by atoms with E-state index >= 15 is 0 Å². The molecule has 0 unspecified atom stereocenters. The molecule has 0 aromatic heterocycles. The first-order valence-corrected chi connectivity index (χ1v) is 10.3. The Morgan fingerprint density at radius 1 is 1.00 bits per heavy atom. The topological polar surface area (TPSA) is 52.7 Å². The number of hydrogen-bond donors (Lipinski definition) is 1. The molecule has 1 saturated heterocycles. The zero-order chi connectivity index (χ0) is 20.5. The monoisotopic (exact) mass is 413 g/mol. The summed E-state index contributed by atoms with van der Waals surface area (Å²) < 4.78 is 66.9. The predicted octanol–water partition coefficient (Wildman–Crippen LogP) is 3.57. The summed E-state index contributed by atoms with van der Waals surface area (Å²) in [5.74, 6) is 0. The molecule has 0 bridgehead atoms. The van der Waals surface area contributed by atoms with Gasteiger partial charge in [0.25, 0.3) is 10.0 Å². The average Bonchev–Trinajstić information content (AvgIpc) is 2.62. The summed E-state index contributed by atoms with van der Waals surface area (Å²) in [7, 11) is -2.32. The Bertz CT molecular complexity index is 953. The van der Waals surface area contributed by atoms with E-state index in [2.05, 4.69) is 21.6 Å². The summed E-state index contributed by atoms with van der Waals surface area (Å²) in [6.45, 7) is 5.45. The van der Waals surface area contributed by atoms with Crippen molar-refractivity contribution in [2.75, 3.05) is 42.8 Å². The van der Waals surface area contributed by atoms with E-state index in [4.69, 9.17) is 0 Å². The molecule has 1 N–H and O–H groups in total. The molecular formula is C19H22F3N3O2S. The highest BCUT2D eigenvalue weighted by molar-refractivity contribution is 7.92. The van der Waals surface area contributed by atoms with Crippen molar-refractivity contribution in [3.63, 3.8) is 0 Å². The van der Waals surface area contributed by atoms with E-state index < -0.39 is 26.7 Å². The van der Waals surface area contributed by atoms with Gasteiger partial charge in [0.2, 0.25) is 0 Å². The number of nitrogens with one attached hydrogen (secondary N) is 1. The Kier molecular flexibility index (Phi) is 5.58. The lowest BCUT2D eigenvalue weighted by molar-refractivity contribution is -0.139. The number of aryl methyl sites for hydroxylation is 1. The molecule has 0 saturated carbocycles. The fraction of sp³-hybridized carbons (Fsp3) is 0.368. The maximum atomic E-state index is 13.2. The summed E-state index contributed by atoms with van der Waals surface area (Å²) in [5, 5.41) is 0. The van der Waals surface area contributed by atoms with Gasteiger partial charge >= 0.3 is 6.18 Å². The van der Waals surface area contributed by atoms with Gasteiger partial charge in [-0.25, -0.2) is 8.42 Å². The molecule has 0 radical (unpaired) electrons. The van der Waals surface area contributed by atoms with E-state index in [1.165, 1.54) is 6.07 Å². The van der Waals surface area contributed by atoms with E-state index in [0.29, 0.717) is 0 Å². The second-order valence-electron chi connectivity index (χ2n) is 6.89. The number of benzene rings is 2. The van der Waals surface area contributed by atoms with Gasteiger partial charge in [-0.3, -0.25) is 4.72 Å². The van der Waals surface area contributed by atoms with Crippen LogP contribution in [0.25, 0.3) is 0 Å². The van der Waals surface area contributed by atoms with E-state index in [9.17, 15) is 21.6 Å². The number of alkyl halides is 3. The fourth-order valence-corrected chi connectivity index (χ4v) is 4.54. The van der Waals surface area contributed by atoms with Crippen LogP contribution in [0.2, 0.25) is 0 Å². The Hall–Kier alpha value is -2.26. The Morgan fingerprint density at radius 3 is 2.25 bits per heavy atom. The summed E-state index contributed by atoms with van der Waals surface area (Å²) >= 11 is 0. The first-order valence-electron chi connectivity index (χ1n) is 8.81. The lowest BCUT2D eigenvalue weighted by Crippen LogP contribution is -2.44. The van der Waals surface area contributed by atoms with Crippen LogP contribution in [0, 0.1) is 6.92 Å². The van der Waals surface area contributed by atoms with Gasteiger partial charge < -0.3 is 9.80 Å². The molecule has 0 aliphatic carbocycles. The van der Waals surface area contributed by atoms with Crippen molar-refractivity contribution in [3.05, 3.63) is 53.6 Å². The maximum absolute atomic E-state index is 13.2. The van der Waals surface area contributed by atoms with Gasteiger partial charge in [-0.05, 0) is 49.9 Å². The van der Waals surface area contributed by atoms with Crippen molar-refractivity contribution < 1.29 is 21.6 Å². The minimum absolute atomic E-state index is 0.229. The first kappa shape index (κ1) is 20.5. The number of sulfonamides is 1. The standard InChI is InChI=1S/C19H22F3N3O2S/c1-14-13-15(7-8-17(14)25-11-9-24(2)10-12-25)23-28(26,27)18-6-4-3-5-16(18)19(20,21)22/h3-8,13,23H,9-12H2,1-2H3. The molecule has 1 fully saturated rings. The van der Waals surface area contributed by atoms with Crippen LogP contribution < -0.4 is 9.62 Å². The zero-order valence-corrected chi connectivity index (χ0v) is 16.4. The third kappa shape index (κ3) is 4.41. The normalized spacial score (nSPS) is 16.2. The van der Waals surface area contributed by atoms with E-state index in [1.807, 2.05) is 6.92 Å². The van der Waals surface area contributed by atoms with Gasteiger partial charge in [-0.15, -0.1) is 0 Å². The molecule has 28 heavy (non-hydrogen) atoms. The predicted molar refractivity (Wildman–Crippen MR) is 103 cm³/mol. The van der Waals surface area contributed by atoms with Crippen molar-refractivity contribution in [1.82, 2.24) is 4.90 Å². The number of halogens is 3. The van der Waals surface area contributed by atoms with Gasteiger partial charge in [-0.1, -0.05) is 12.1 Å². The van der Waals surface area contributed by atoms with Crippen LogP contribution in [0.1, 0.15) is 11.1 Å². The SMILES string of the molecule is Cc1cc(NS(=O)(=O)c2ccccc2C(F)(F)F)ccc1N1CCN(C)CC1. The third-order valence-electron chi connectivity index (χ3n) is 4.77. The van der Waals surface area contributed by atoms with Crippen molar-refractivity contribution in [2.45, 2.75) is 18.0 Å². The highest BCUT2D eigenvalue weighted by atomic mass is 32.2. The lowest BCUT2D eigenvalue weighted by Gasteiger charge is -2.35. The second kappa shape index (κ2) is 7.63. The molecule has 0 atom stereocenters. The number of piperazine rings is 1. The Balaban J connectivity index is 1.85. The smallest absolute Gasteiger partial charge is 0.369 e. The van der Waals surface area contributed by atoms with Crippen LogP contribution in [0.4, 0.5) is 24.5 Å². The van der Waals surface area contributed by atoms with Crippen molar-refractivity contribution >= 4 is 21.4 Å². The number of nitrogens with zero attached hydrogens (tertiary/aromatic N) is 2. The molecule has 2 aromatic rings. The fourth-order valence-electron chi connectivity index (χ4n) is 3.27. The largest absolute Gasteiger partial charge is 0.417 e. The number of anilines is 2. The van der Waals surface area contributed by atoms with Crippen LogP contribution in [0.15, 0.2) is 47.4 Å². The van der Waals surface area contributed by atoms with Gasteiger partial charge in [-0.2, -0.15) is 13.2 Å². The minimum Gasteiger partial charge on any atom is -0.369 e. The lowest BCUT2D eigenvalue weighted by atomic mass is 10.1. The molecule has 0 spiro atoms. The van der Waals surface area contributed by atoms with Crippen LogP contribution >= 0.6 is 0 Å². The van der Waals surface area contributed by atoms with Crippen LogP contribution in [-0.4, -0.2) is 46.5 Å². The van der Waals surface area contributed by atoms with Crippen LogP contribution in [0.5, 0.6) is 0 Å². The number of rotatable bonds is 4. The summed E-state index contributed by atoms with van der Waals surface area (Å²) in [5.41, 5.74) is 0.890. The van der Waals surface area contributed by atoms with Crippen molar-refractivity contribution in [2.24, 2.45) is 0 Å². The van der Waals surface area contributed by atoms with Crippen LogP contribution in [0.3, 0.4) is 0 Å². The second-order valence-corrected chi connectivity index (χ2v) is 8.54. The van der Waals surface area contributed by atoms with Gasteiger partial charge in [0, 0.05) is 37.6 Å². The highest BCUT2D eigenvalue weighted by Gasteiger charge is 2.36. The van der Waals surface area contributed by atoms with Crippen molar-refractivity contribution in [1.29, 1.82) is 0 Å². The maximum Gasteiger partial charge on any atom is 0.417 e. The molecule has 9 heteroatoms. The number of likely N-dealkylation sites (N-methyl/N-ethyl adjacent to an activating group) is 1.